The van der Waals surface area contributed by atoms with Gasteiger partial charge in [-0.2, -0.15) is 0 Å². The molecule has 0 saturated carbocycles. The molecule has 1 aliphatic rings. The molecule has 2 unspecified atom stereocenters. The highest BCUT2D eigenvalue weighted by atomic mass is 16.4. The third-order valence-electron chi connectivity index (χ3n) is 4.23. The summed E-state index contributed by atoms with van der Waals surface area (Å²) < 4.78 is 0. The number of H-pyrrole nitrogens is 1. The molecule has 0 bridgehead atoms. The average Bonchev–Trinajstić information content (AvgIpc) is 2.46. The monoisotopic (exact) mass is 306 g/mol. The number of pyridine rings is 1. The van der Waals surface area contributed by atoms with E-state index in [1.807, 2.05) is 20.8 Å². The standard InChI is InChI=1S/C16H22N2O4/c1-9(2)13-6-12(7-14(19)17-13)15(20)18-8-11(16(21)22)5-4-10(18)3/h6-7,9-11H,4-5,8H2,1-3H3,(H,17,19)(H,21,22). The van der Waals surface area contributed by atoms with Crippen molar-refractivity contribution in [3.8, 4) is 0 Å². The highest BCUT2D eigenvalue weighted by molar-refractivity contribution is 5.94. The van der Waals surface area contributed by atoms with Gasteiger partial charge in [0.25, 0.3) is 5.91 Å². The molecule has 1 saturated heterocycles. The van der Waals surface area contributed by atoms with E-state index < -0.39 is 11.9 Å². The van der Waals surface area contributed by atoms with Gasteiger partial charge >= 0.3 is 5.97 Å². The van der Waals surface area contributed by atoms with Crippen molar-refractivity contribution in [1.82, 2.24) is 9.88 Å². The molecule has 6 nitrogen and oxygen atoms in total. The zero-order chi connectivity index (χ0) is 16.4. The second kappa shape index (κ2) is 6.34. The number of carboxylic acids is 1. The SMILES string of the molecule is CC(C)c1cc(C(=O)N2CC(C(=O)O)CCC2C)cc(=O)[nH]1. The summed E-state index contributed by atoms with van der Waals surface area (Å²) >= 11 is 0. The number of carboxylic acid groups (broad SMARTS) is 1. The first kappa shape index (κ1) is 16.3. The van der Waals surface area contributed by atoms with Gasteiger partial charge in [0.1, 0.15) is 0 Å². The average molecular weight is 306 g/mol. The molecule has 0 spiro atoms. The van der Waals surface area contributed by atoms with Crippen LogP contribution in [0.1, 0.15) is 55.6 Å². The lowest BCUT2D eigenvalue weighted by atomic mass is 9.93. The van der Waals surface area contributed by atoms with Crippen LogP contribution in [0.3, 0.4) is 0 Å². The summed E-state index contributed by atoms with van der Waals surface area (Å²) in [7, 11) is 0. The number of nitrogens with one attached hydrogen (secondary N) is 1. The second-order valence-corrected chi connectivity index (χ2v) is 6.26. The van der Waals surface area contributed by atoms with E-state index in [4.69, 9.17) is 5.11 Å². The quantitative estimate of drug-likeness (QED) is 0.891. The lowest BCUT2D eigenvalue weighted by molar-refractivity contribution is -0.143. The Kier molecular flexibility index (Phi) is 4.68. The molecule has 0 aromatic carbocycles. The van der Waals surface area contributed by atoms with Crippen molar-refractivity contribution in [2.45, 2.75) is 45.6 Å². The van der Waals surface area contributed by atoms with Crippen LogP contribution in [0.2, 0.25) is 0 Å². The number of hydrogen-bond donors (Lipinski definition) is 2. The van der Waals surface area contributed by atoms with Crippen LogP contribution in [-0.2, 0) is 4.79 Å². The van der Waals surface area contributed by atoms with Gasteiger partial charge < -0.3 is 15.0 Å². The second-order valence-electron chi connectivity index (χ2n) is 6.26. The summed E-state index contributed by atoms with van der Waals surface area (Å²) in [6.07, 6.45) is 1.23. The lowest BCUT2D eigenvalue weighted by Crippen LogP contribution is -2.47. The topological polar surface area (TPSA) is 90.5 Å². The minimum Gasteiger partial charge on any atom is -0.481 e. The molecule has 120 valence electrons. The maximum atomic E-state index is 12.7. The van der Waals surface area contributed by atoms with Crippen molar-refractivity contribution in [2.75, 3.05) is 6.54 Å². The van der Waals surface area contributed by atoms with Crippen molar-refractivity contribution in [1.29, 1.82) is 0 Å². The largest absolute Gasteiger partial charge is 0.481 e. The number of carbonyl (C=O) groups excluding carboxylic acids is 1. The number of aromatic amines is 1. The molecule has 1 fully saturated rings. The van der Waals surface area contributed by atoms with Crippen LogP contribution in [-0.4, -0.2) is 39.5 Å². The maximum Gasteiger partial charge on any atom is 0.308 e. The van der Waals surface area contributed by atoms with E-state index in [1.54, 1.807) is 11.0 Å². The fourth-order valence-electron chi connectivity index (χ4n) is 2.76. The van der Waals surface area contributed by atoms with E-state index >= 15 is 0 Å². The van der Waals surface area contributed by atoms with Crippen molar-refractivity contribution < 1.29 is 14.7 Å². The normalized spacial score (nSPS) is 21.9. The summed E-state index contributed by atoms with van der Waals surface area (Å²) in [6, 6.07) is 2.95. The third-order valence-corrected chi connectivity index (χ3v) is 4.23. The fourth-order valence-corrected chi connectivity index (χ4v) is 2.76. The Hall–Kier alpha value is -2.11. The Labute approximate surface area is 129 Å². The highest BCUT2D eigenvalue weighted by Gasteiger charge is 2.33. The van der Waals surface area contributed by atoms with Gasteiger partial charge in [0.2, 0.25) is 5.56 Å². The number of likely N-dealkylation sites (tertiary alicyclic amines) is 1. The molecule has 2 N–H and O–H groups in total. The van der Waals surface area contributed by atoms with Gasteiger partial charge in [0.15, 0.2) is 0 Å². The summed E-state index contributed by atoms with van der Waals surface area (Å²) in [6.45, 7) is 5.97. The van der Waals surface area contributed by atoms with Crippen LogP contribution >= 0.6 is 0 Å². The van der Waals surface area contributed by atoms with Crippen molar-refractivity contribution in [2.24, 2.45) is 5.92 Å². The molecular weight excluding hydrogens is 284 g/mol. The molecule has 0 radical (unpaired) electrons. The van der Waals surface area contributed by atoms with Crippen LogP contribution in [0.4, 0.5) is 0 Å². The van der Waals surface area contributed by atoms with Gasteiger partial charge in [0.05, 0.1) is 5.92 Å². The van der Waals surface area contributed by atoms with E-state index in [-0.39, 0.29) is 30.0 Å². The molecule has 1 aliphatic heterocycles. The van der Waals surface area contributed by atoms with Gasteiger partial charge in [-0.1, -0.05) is 13.8 Å². The predicted octanol–water partition coefficient (Wildman–Crippen LogP) is 1.82. The van der Waals surface area contributed by atoms with Crippen molar-refractivity contribution >= 4 is 11.9 Å². The molecule has 2 rings (SSSR count). The van der Waals surface area contributed by atoms with Gasteiger partial charge in [-0.25, -0.2) is 0 Å². The number of hydrogen-bond acceptors (Lipinski definition) is 3. The summed E-state index contributed by atoms with van der Waals surface area (Å²) in [5, 5.41) is 9.16. The first-order chi connectivity index (χ1) is 10.3. The van der Waals surface area contributed by atoms with Gasteiger partial charge in [-0.05, 0) is 31.7 Å². The molecule has 0 aliphatic carbocycles. The molecule has 2 atom stereocenters. The number of nitrogens with zero attached hydrogens (tertiary/aromatic N) is 1. The molecule has 6 heteroatoms. The van der Waals surface area contributed by atoms with Crippen molar-refractivity contribution in [3.05, 3.63) is 33.7 Å². The zero-order valence-electron chi connectivity index (χ0n) is 13.1. The number of aliphatic carboxylic acids is 1. The Balaban J connectivity index is 2.30. The van der Waals surface area contributed by atoms with E-state index in [0.717, 1.165) is 0 Å². The van der Waals surface area contributed by atoms with Crippen LogP contribution in [0.25, 0.3) is 0 Å². The van der Waals surface area contributed by atoms with Crippen LogP contribution in [0.5, 0.6) is 0 Å². The van der Waals surface area contributed by atoms with E-state index in [2.05, 4.69) is 4.98 Å². The molecule has 22 heavy (non-hydrogen) atoms. The summed E-state index contributed by atoms with van der Waals surface area (Å²) in [5.74, 6) is -1.58. The summed E-state index contributed by atoms with van der Waals surface area (Å²) in [4.78, 5) is 39.9. The molecule has 1 aromatic heterocycles. The number of piperidine rings is 1. The van der Waals surface area contributed by atoms with Crippen LogP contribution in [0, 0.1) is 5.92 Å². The number of aromatic nitrogens is 1. The molecule has 1 aromatic rings. The molecule has 2 heterocycles. The number of carbonyl (C=O) groups is 2. The van der Waals surface area contributed by atoms with Gasteiger partial charge in [-0.15, -0.1) is 0 Å². The Bertz CT molecular complexity index is 635. The van der Waals surface area contributed by atoms with Gasteiger partial charge in [-0.3, -0.25) is 14.4 Å². The van der Waals surface area contributed by atoms with Crippen molar-refractivity contribution in [3.63, 3.8) is 0 Å². The minimum atomic E-state index is -0.876. The smallest absolute Gasteiger partial charge is 0.308 e. The third kappa shape index (κ3) is 3.37. The molecular formula is C16H22N2O4. The Morgan fingerprint density at radius 3 is 2.59 bits per heavy atom. The zero-order valence-corrected chi connectivity index (χ0v) is 13.1. The minimum absolute atomic E-state index is 0.0233. The number of rotatable bonds is 3. The van der Waals surface area contributed by atoms with E-state index in [9.17, 15) is 14.4 Å². The Morgan fingerprint density at radius 2 is 2.00 bits per heavy atom. The number of amides is 1. The first-order valence-electron chi connectivity index (χ1n) is 7.57. The predicted molar refractivity (Wildman–Crippen MR) is 82.0 cm³/mol. The van der Waals surface area contributed by atoms with E-state index in [0.29, 0.717) is 24.1 Å². The lowest BCUT2D eigenvalue weighted by Gasteiger charge is -2.36. The first-order valence-corrected chi connectivity index (χ1v) is 7.57. The Morgan fingerprint density at radius 1 is 1.32 bits per heavy atom. The van der Waals surface area contributed by atoms with Gasteiger partial charge in [0, 0.05) is 29.9 Å². The maximum absolute atomic E-state index is 12.7. The highest BCUT2D eigenvalue weighted by Crippen LogP contribution is 2.24. The summed E-state index contributed by atoms with van der Waals surface area (Å²) in [5.41, 5.74) is 0.717. The fraction of sp³-hybridized carbons (Fsp3) is 0.562. The van der Waals surface area contributed by atoms with Crippen LogP contribution < -0.4 is 5.56 Å². The molecule has 1 amide bonds. The van der Waals surface area contributed by atoms with E-state index in [1.165, 1.54) is 6.07 Å². The van der Waals surface area contributed by atoms with Crippen LogP contribution in [0.15, 0.2) is 16.9 Å².